The number of fused-ring (bicyclic) bond motifs is 4. The third-order valence-corrected chi connectivity index (χ3v) is 7.81. The number of nitrogens with one attached hydrogen (secondary N) is 2. The Morgan fingerprint density at radius 3 is 2.96 bits per heavy atom. The number of carbonyl (C=O) groups is 1. The van der Waals surface area contributed by atoms with E-state index in [9.17, 15) is 9.90 Å². The van der Waals surface area contributed by atoms with Gasteiger partial charge in [0.25, 0.3) is 0 Å². The van der Waals surface area contributed by atoms with Crippen LogP contribution < -0.4 is 15.8 Å². The molecule has 0 amide bonds. The SMILES string of the molecule is CS1=C2C(=CN(c3ccccc3Cl)C(C(=O)O)C3NNCN23)C2=C1C=CC2. The van der Waals surface area contributed by atoms with Gasteiger partial charge in [-0.05, 0) is 30.4 Å². The summed E-state index contributed by atoms with van der Waals surface area (Å²) in [5, 5.41) is 10.6. The summed E-state index contributed by atoms with van der Waals surface area (Å²) in [6, 6.07) is 6.58. The van der Waals surface area contributed by atoms with Crippen LogP contribution in [0, 0.1) is 0 Å². The summed E-state index contributed by atoms with van der Waals surface area (Å²) in [6.07, 6.45) is 9.09. The number of allylic oxidation sites excluding steroid dienone is 2. The third-order valence-electron chi connectivity index (χ3n) is 5.41. The van der Waals surface area contributed by atoms with E-state index in [1.54, 1.807) is 6.07 Å². The third kappa shape index (κ3) is 2.47. The van der Waals surface area contributed by atoms with E-state index >= 15 is 0 Å². The maximum atomic E-state index is 12.3. The summed E-state index contributed by atoms with van der Waals surface area (Å²) in [5.74, 6) is -0.895. The molecular formula is C19H19ClN4O2S. The molecule has 3 heterocycles. The molecule has 5 rings (SSSR count). The van der Waals surface area contributed by atoms with Crippen molar-refractivity contribution in [2.45, 2.75) is 18.6 Å². The minimum absolute atomic E-state index is 0.0868. The smallest absolute Gasteiger partial charge is 0.329 e. The van der Waals surface area contributed by atoms with Crippen molar-refractivity contribution in [3.8, 4) is 0 Å². The molecule has 0 spiro atoms. The Morgan fingerprint density at radius 2 is 2.19 bits per heavy atom. The summed E-state index contributed by atoms with van der Waals surface area (Å²) in [4.78, 5) is 18.9. The Kier molecular flexibility index (Phi) is 4.03. The van der Waals surface area contributed by atoms with Crippen molar-refractivity contribution in [1.82, 2.24) is 15.8 Å². The fourth-order valence-electron chi connectivity index (χ4n) is 4.24. The highest BCUT2D eigenvalue weighted by Crippen LogP contribution is 2.48. The predicted molar refractivity (Wildman–Crippen MR) is 110 cm³/mol. The first-order valence-electron chi connectivity index (χ1n) is 8.74. The van der Waals surface area contributed by atoms with E-state index in [1.165, 1.54) is 15.5 Å². The number of aliphatic carboxylic acids is 1. The van der Waals surface area contributed by atoms with Gasteiger partial charge in [0.05, 0.1) is 22.4 Å². The van der Waals surface area contributed by atoms with Crippen molar-refractivity contribution in [1.29, 1.82) is 0 Å². The quantitative estimate of drug-likeness (QED) is 0.660. The highest BCUT2D eigenvalue weighted by molar-refractivity contribution is 8.19. The average molecular weight is 403 g/mol. The van der Waals surface area contributed by atoms with Gasteiger partial charge in [-0.25, -0.2) is 20.5 Å². The molecule has 1 fully saturated rings. The minimum atomic E-state index is -0.895. The number of anilines is 1. The van der Waals surface area contributed by atoms with Crippen molar-refractivity contribution >= 4 is 38.7 Å². The van der Waals surface area contributed by atoms with Crippen LogP contribution in [0.5, 0.6) is 0 Å². The first-order valence-corrected chi connectivity index (χ1v) is 10.7. The summed E-state index contributed by atoms with van der Waals surface area (Å²) in [6.45, 7) is 0.569. The number of halogens is 1. The summed E-state index contributed by atoms with van der Waals surface area (Å²) in [7, 11) is -0.0868. The number of benzene rings is 1. The van der Waals surface area contributed by atoms with Crippen LogP contribution in [-0.2, 0) is 4.79 Å². The van der Waals surface area contributed by atoms with Crippen LogP contribution in [0.3, 0.4) is 0 Å². The number of carboxylic acids is 1. The van der Waals surface area contributed by atoms with Gasteiger partial charge in [0.1, 0.15) is 6.17 Å². The van der Waals surface area contributed by atoms with Crippen LogP contribution in [0.2, 0.25) is 5.02 Å². The zero-order valence-electron chi connectivity index (χ0n) is 14.6. The largest absolute Gasteiger partial charge is 0.480 e. The number of carboxylic acid groups (broad SMARTS) is 1. The number of hydrazine groups is 1. The number of hydrogen-bond donors (Lipinski definition) is 3. The van der Waals surface area contributed by atoms with Crippen LogP contribution in [0.25, 0.3) is 0 Å². The topological polar surface area (TPSA) is 67.8 Å². The van der Waals surface area contributed by atoms with E-state index in [-0.39, 0.29) is 10.5 Å². The van der Waals surface area contributed by atoms with Gasteiger partial charge >= 0.3 is 5.97 Å². The van der Waals surface area contributed by atoms with Gasteiger partial charge in [-0.2, -0.15) is 0 Å². The number of hydrogen-bond acceptors (Lipinski definition) is 5. The van der Waals surface area contributed by atoms with E-state index in [0.29, 0.717) is 17.4 Å². The number of nitrogens with zero attached hydrogens (tertiary/aromatic N) is 2. The zero-order chi connectivity index (χ0) is 18.7. The van der Waals surface area contributed by atoms with Gasteiger partial charge in [-0.15, -0.1) is 10.5 Å². The Hall–Kier alpha value is -1.90. The Morgan fingerprint density at radius 1 is 1.37 bits per heavy atom. The molecule has 8 heteroatoms. The van der Waals surface area contributed by atoms with Crippen LogP contribution in [0.1, 0.15) is 6.42 Å². The lowest BCUT2D eigenvalue weighted by atomic mass is 10.1. The fourth-order valence-corrected chi connectivity index (χ4v) is 6.58. The molecule has 0 bridgehead atoms. The van der Waals surface area contributed by atoms with E-state index in [4.69, 9.17) is 11.6 Å². The lowest BCUT2D eigenvalue weighted by Crippen LogP contribution is -2.56. The van der Waals surface area contributed by atoms with Gasteiger partial charge < -0.3 is 10.0 Å². The van der Waals surface area contributed by atoms with E-state index in [0.717, 1.165) is 12.0 Å². The normalized spacial score (nSPS) is 29.6. The van der Waals surface area contributed by atoms with Gasteiger partial charge in [-0.3, -0.25) is 0 Å². The molecule has 3 N–H and O–H groups in total. The Balaban J connectivity index is 1.76. The number of rotatable bonds is 2. The van der Waals surface area contributed by atoms with Gasteiger partial charge in [0.2, 0.25) is 0 Å². The van der Waals surface area contributed by atoms with Gasteiger partial charge in [-0.1, -0.05) is 35.9 Å². The van der Waals surface area contributed by atoms with Gasteiger partial charge in [0.15, 0.2) is 6.04 Å². The van der Waals surface area contributed by atoms with Crippen LogP contribution in [-0.4, -0.2) is 46.1 Å². The molecule has 1 aromatic carbocycles. The molecule has 6 nitrogen and oxygen atoms in total. The molecule has 27 heavy (non-hydrogen) atoms. The summed E-state index contributed by atoms with van der Waals surface area (Å²) >= 11 is 6.46. The lowest BCUT2D eigenvalue weighted by Gasteiger charge is -2.33. The number of para-hydroxylation sites is 1. The second-order valence-corrected chi connectivity index (χ2v) is 9.10. The highest BCUT2D eigenvalue weighted by atomic mass is 35.5. The van der Waals surface area contributed by atoms with Crippen molar-refractivity contribution in [2.75, 3.05) is 17.8 Å². The predicted octanol–water partition coefficient (Wildman–Crippen LogP) is 2.45. The zero-order valence-corrected chi connectivity index (χ0v) is 16.2. The maximum absolute atomic E-state index is 12.3. The Labute approximate surface area is 164 Å². The summed E-state index contributed by atoms with van der Waals surface area (Å²) in [5.41, 5.74) is 9.43. The summed E-state index contributed by atoms with van der Waals surface area (Å²) < 4.78 is 0. The molecule has 1 saturated heterocycles. The molecular weight excluding hydrogens is 384 g/mol. The first-order chi connectivity index (χ1) is 13.1. The molecule has 0 aromatic heterocycles. The van der Waals surface area contributed by atoms with Crippen molar-refractivity contribution in [3.05, 3.63) is 63.7 Å². The fraction of sp³-hybridized carbons (Fsp3) is 0.263. The van der Waals surface area contributed by atoms with Crippen LogP contribution in [0.4, 0.5) is 5.69 Å². The van der Waals surface area contributed by atoms with Crippen LogP contribution in [0.15, 0.2) is 58.7 Å². The molecule has 3 unspecified atom stereocenters. The van der Waals surface area contributed by atoms with Crippen LogP contribution >= 0.6 is 22.1 Å². The lowest BCUT2D eigenvalue weighted by molar-refractivity contribution is -0.139. The molecule has 140 valence electrons. The minimum Gasteiger partial charge on any atom is -0.480 e. The molecule has 1 aliphatic carbocycles. The second-order valence-electron chi connectivity index (χ2n) is 6.84. The molecule has 3 aliphatic heterocycles. The highest BCUT2D eigenvalue weighted by Gasteiger charge is 2.47. The first kappa shape index (κ1) is 17.2. The van der Waals surface area contributed by atoms with E-state index in [1.807, 2.05) is 29.3 Å². The maximum Gasteiger partial charge on any atom is 0.329 e. The van der Waals surface area contributed by atoms with E-state index < -0.39 is 18.2 Å². The van der Waals surface area contributed by atoms with Gasteiger partial charge in [0, 0.05) is 16.7 Å². The molecule has 0 saturated carbocycles. The molecule has 3 atom stereocenters. The molecule has 0 radical (unpaired) electrons. The second kappa shape index (κ2) is 6.32. The van der Waals surface area contributed by atoms with Crippen molar-refractivity contribution in [2.24, 2.45) is 0 Å². The molecule has 1 aromatic rings. The Bertz CT molecular complexity index is 984. The van der Waals surface area contributed by atoms with Crippen molar-refractivity contribution < 1.29 is 9.90 Å². The van der Waals surface area contributed by atoms with E-state index in [2.05, 4.69) is 34.2 Å². The monoisotopic (exact) mass is 402 g/mol. The standard InChI is InChI=1S/C19H19ClN4O2S/c1-27-15-8-4-5-11(15)12-9-23(14-7-3-2-6-13(14)20)16(19(25)26)17-22-21-10-24(17)18(12)27/h2-4,6-9,16-17,21-22H,5,10H2,1H3,(H,25,26). The molecule has 4 aliphatic rings. The average Bonchev–Trinajstić information content (AvgIpc) is 3.32. The van der Waals surface area contributed by atoms with Crippen molar-refractivity contribution in [3.63, 3.8) is 0 Å².